The topological polar surface area (TPSA) is 67.9 Å². The first kappa shape index (κ1) is 25.2. The van der Waals surface area contributed by atoms with Crippen LogP contribution in [-0.2, 0) is 22.6 Å². The van der Waals surface area contributed by atoms with Crippen LogP contribution in [-0.4, -0.2) is 43.0 Å². The quantitative estimate of drug-likeness (QED) is 0.566. The van der Waals surface area contributed by atoms with Crippen molar-refractivity contribution in [3.8, 4) is 11.5 Å². The lowest BCUT2D eigenvalue weighted by Crippen LogP contribution is -2.50. The number of halogens is 1. The molecular weight excluding hydrogens is 411 g/mol. The van der Waals surface area contributed by atoms with Gasteiger partial charge in [0.15, 0.2) is 11.5 Å². The van der Waals surface area contributed by atoms with Gasteiger partial charge >= 0.3 is 0 Å². The van der Waals surface area contributed by atoms with E-state index in [9.17, 15) is 14.0 Å². The van der Waals surface area contributed by atoms with Crippen LogP contribution in [0.3, 0.4) is 0 Å². The van der Waals surface area contributed by atoms with Gasteiger partial charge in [-0.2, -0.15) is 0 Å². The van der Waals surface area contributed by atoms with E-state index < -0.39 is 6.04 Å². The second-order valence-corrected chi connectivity index (χ2v) is 7.92. The highest BCUT2D eigenvalue weighted by molar-refractivity contribution is 5.87. The number of hydrogen-bond donors (Lipinski definition) is 1. The highest BCUT2D eigenvalue weighted by atomic mass is 19.1. The SMILES string of the molecule is CC[C@H](C(=O)NC(C)C)N(Cc1ccc(F)cc1)C(=O)CCc1ccc(OC)c(OC)c1. The number of nitrogens with one attached hydrogen (secondary N) is 1. The summed E-state index contributed by atoms with van der Waals surface area (Å²) in [4.78, 5) is 27.7. The van der Waals surface area contributed by atoms with Crippen LogP contribution in [0.2, 0.25) is 0 Å². The van der Waals surface area contributed by atoms with Crippen LogP contribution in [0.25, 0.3) is 0 Å². The normalized spacial score (nSPS) is 11.7. The summed E-state index contributed by atoms with van der Waals surface area (Å²) in [6.45, 7) is 5.88. The highest BCUT2D eigenvalue weighted by Gasteiger charge is 2.28. The van der Waals surface area contributed by atoms with Gasteiger partial charge in [0.25, 0.3) is 0 Å². The molecule has 2 rings (SSSR count). The van der Waals surface area contributed by atoms with Crippen molar-refractivity contribution in [3.05, 3.63) is 59.4 Å². The molecule has 2 aromatic carbocycles. The number of hydrogen-bond acceptors (Lipinski definition) is 4. The first-order valence-electron chi connectivity index (χ1n) is 10.8. The lowest BCUT2D eigenvalue weighted by Gasteiger charge is -2.31. The fourth-order valence-electron chi connectivity index (χ4n) is 3.52. The third-order valence-corrected chi connectivity index (χ3v) is 5.16. The van der Waals surface area contributed by atoms with Crippen LogP contribution in [0.15, 0.2) is 42.5 Å². The van der Waals surface area contributed by atoms with E-state index in [1.807, 2.05) is 32.9 Å². The van der Waals surface area contributed by atoms with E-state index in [1.54, 1.807) is 37.3 Å². The standard InChI is InChI=1S/C25H33FN2O4/c1-6-21(25(30)27-17(2)3)28(16-19-7-11-20(26)12-8-19)24(29)14-10-18-9-13-22(31-4)23(15-18)32-5/h7-9,11-13,15,17,21H,6,10,14,16H2,1-5H3,(H,27,30)/t21-/m1/s1. The molecule has 0 aliphatic rings. The zero-order chi connectivity index (χ0) is 23.7. The Morgan fingerprint density at radius 3 is 2.19 bits per heavy atom. The van der Waals surface area contributed by atoms with Crippen LogP contribution in [0, 0.1) is 5.82 Å². The first-order valence-corrected chi connectivity index (χ1v) is 10.8. The van der Waals surface area contributed by atoms with E-state index in [0.717, 1.165) is 11.1 Å². The van der Waals surface area contributed by atoms with Crippen LogP contribution >= 0.6 is 0 Å². The van der Waals surface area contributed by atoms with E-state index in [1.165, 1.54) is 12.1 Å². The van der Waals surface area contributed by atoms with E-state index in [2.05, 4.69) is 5.32 Å². The zero-order valence-electron chi connectivity index (χ0n) is 19.5. The molecule has 0 saturated carbocycles. The molecule has 1 atom stereocenters. The van der Waals surface area contributed by atoms with Crippen molar-refractivity contribution in [2.75, 3.05) is 14.2 Å². The van der Waals surface area contributed by atoms with Gasteiger partial charge in [0, 0.05) is 19.0 Å². The lowest BCUT2D eigenvalue weighted by atomic mass is 10.1. The van der Waals surface area contributed by atoms with E-state index in [0.29, 0.717) is 24.3 Å². The molecule has 0 fully saturated rings. The van der Waals surface area contributed by atoms with Crippen LogP contribution in [0.1, 0.15) is 44.7 Å². The number of methoxy groups -OCH3 is 2. The van der Waals surface area contributed by atoms with Crippen molar-refractivity contribution in [3.63, 3.8) is 0 Å². The molecule has 0 heterocycles. The van der Waals surface area contributed by atoms with Gasteiger partial charge in [-0.15, -0.1) is 0 Å². The Kier molecular flexibility index (Phi) is 9.50. The maximum atomic E-state index is 13.3. The monoisotopic (exact) mass is 444 g/mol. The number of benzene rings is 2. The third kappa shape index (κ3) is 6.97. The van der Waals surface area contributed by atoms with Crippen LogP contribution in [0.5, 0.6) is 11.5 Å². The zero-order valence-corrected chi connectivity index (χ0v) is 19.5. The number of aryl methyl sites for hydroxylation is 1. The maximum Gasteiger partial charge on any atom is 0.243 e. The second-order valence-electron chi connectivity index (χ2n) is 7.92. The fraction of sp³-hybridized carbons (Fsp3) is 0.440. The molecule has 2 aromatic rings. The van der Waals surface area contributed by atoms with Gasteiger partial charge < -0.3 is 19.7 Å². The van der Waals surface area contributed by atoms with Crippen molar-refractivity contribution >= 4 is 11.8 Å². The van der Waals surface area contributed by atoms with Crippen molar-refractivity contribution in [1.29, 1.82) is 0 Å². The Labute approximate surface area is 189 Å². The minimum atomic E-state index is -0.611. The predicted octanol–water partition coefficient (Wildman–Crippen LogP) is 4.11. The molecule has 174 valence electrons. The number of nitrogens with zero attached hydrogens (tertiary/aromatic N) is 1. The molecule has 2 amide bonds. The summed E-state index contributed by atoms with van der Waals surface area (Å²) in [5.41, 5.74) is 1.69. The molecular formula is C25H33FN2O4. The molecule has 0 unspecified atom stereocenters. The van der Waals surface area contributed by atoms with Crippen molar-refractivity contribution in [2.45, 2.75) is 58.7 Å². The third-order valence-electron chi connectivity index (χ3n) is 5.16. The molecule has 0 bridgehead atoms. The molecule has 6 nitrogen and oxygen atoms in total. The maximum absolute atomic E-state index is 13.3. The van der Waals surface area contributed by atoms with Gasteiger partial charge in [0.2, 0.25) is 11.8 Å². The molecule has 0 spiro atoms. The number of amides is 2. The summed E-state index contributed by atoms with van der Waals surface area (Å²) >= 11 is 0. The predicted molar refractivity (Wildman–Crippen MR) is 122 cm³/mol. The van der Waals surface area contributed by atoms with E-state index in [-0.39, 0.29) is 36.6 Å². The van der Waals surface area contributed by atoms with Gasteiger partial charge in [0.1, 0.15) is 11.9 Å². The Morgan fingerprint density at radius 1 is 1.00 bits per heavy atom. The number of carbonyl (C=O) groups excluding carboxylic acids is 2. The highest BCUT2D eigenvalue weighted by Crippen LogP contribution is 2.28. The van der Waals surface area contributed by atoms with Crippen molar-refractivity contribution in [2.24, 2.45) is 0 Å². The summed E-state index contributed by atoms with van der Waals surface area (Å²) in [6, 6.07) is 10.9. The smallest absolute Gasteiger partial charge is 0.243 e. The summed E-state index contributed by atoms with van der Waals surface area (Å²) < 4.78 is 23.9. The minimum Gasteiger partial charge on any atom is -0.493 e. The Hall–Kier alpha value is -3.09. The molecule has 0 aromatic heterocycles. The Balaban J connectivity index is 2.22. The summed E-state index contributed by atoms with van der Waals surface area (Å²) in [6.07, 6.45) is 1.19. The van der Waals surface area contributed by atoms with E-state index in [4.69, 9.17) is 9.47 Å². The number of ether oxygens (including phenoxy) is 2. The van der Waals surface area contributed by atoms with Crippen LogP contribution in [0.4, 0.5) is 4.39 Å². The summed E-state index contributed by atoms with van der Waals surface area (Å²) in [5.74, 6) is 0.545. The van der Waals surface area contributed by atoms with Crippen LogP contribution < -0.4 is 14.8 Å². The van der Waals surface area contributed by atoms with Gasteiger partial charge in [0.05, 0.1) is 14.2 Å². The minimum absolute atomic E-state index is 0.0360. The summed E-state index contributed by atoms with van der Waals surface area (Å²) in [7, 11) is 3.14. The molecule has 0 aliphatic heterocycles. The average molecular weight is 445 g/mol. The molecule has 32 heavy (non-hydrogen) atoms. The van der Waals surface area contributed by atoms with E-state index >= 15 is 0 Å². The Morgan fingerprint density at radius 2 is 1.62 bits per heavy atom. The molecule has 0 radical (unpaired) electrons. The lowest BCUT2D eigenvalue weighted by molar-refractivity contribution is -0.141. The Bertz CT molecular complexity index is 899. The van der Waals surface area contributed by atoms with Crippen molar-refractivity contribution < 1.29 is 23.5 Å². The number of carbonyl (C=O) groups is 2. The molecule has 1 N–H and O–H groups in total. The van der Waals surface area contributed by atoms with Gasteiger partial charge in [-0.3, -0.25) is 9.59 Å². The van der Waals surface area contributed by atoms with Gasteiger partial charge in [-0.1, -0.05) is 25.1 Å². The number of rotatable bonds is 11. The second kappa shape index (κ2) is 12.1. The largest absolute Gasteiger partial charge is 0.493 e. The molecule has 0 aliphatic carbocycles. The molecule has 7 heteroatoms. The average Bonchev–Trinajstić information content (AvgIpc) is 2.77. The van der Waals surface area contributed by atoms with Gasteiger partial charge in [-0.25, -0.2) is 4.39 Å². The van der Waals surface area contributed by atoms with Crippen molar-refractivity contribution in [1.82, 2.24) is 10.2 Å². The summed E-state index contributed by atoms with van der Waals surface area (Å²) in [5, 5.41) is 2.90. The first-order chi connectivity index (χ1) is 15.3. The molecule has 0 saturated heterocycles. The fourth-order valence-corrected chi connectivity index (χ4v) is 3.52. The van der Waals surface area contributed by atoms with Gasteiger partial charge in [-0.05, 0) is 62.1 Å².